The summed E-state index contributed by atoms with van der Waals surface area (Å²) in [6.45, 7) is 4.03. The number of aromatic nitrogens is 2. The molecule has 0 unspecified atom stereocenters. The summed E-state index contributed by atoms with van der Waals surface area (Å²) in [5.74, 6) is -1.41. The maximum atomic E-state index is 13.3. The first-order valence-corrected chi connectivity index (χ1v) is 7.77. The number of rotatable bonds is 4. The second-order valence-corrected chi connectivity index (χ2v) is 6.10. The van der Waals surface area contributed by atoms with Gasteiger partial charge in [0.15, 0.2) is 0 Å². The number of aromatic carboxylic acids is 1. The number of fused-ring (bicyclic) bond motifs is 1. The van der Waals surface area contributed by atoms with Gasteiger partial charge in [-0.1, -0.05) is 0 Å². The van der Waals surface area contributed by atoms with Gasteiger partial charge in [-0.05, 0) is 50.2 Å². The molecule has 7 heteroatoms. The Kier molecular flexibility index (Phi) is 4.08. The molecule has 0 aliphatic rings. The van der Waals surface area contributed by atoms with E-state index in [9.17, 15) is 19.4 Å². The minimum Gasteiger partial charge on any atom is -0.493 e. The van der Waals surface area contributed by atoms with Crippen LogP contribution in [-0.4, -0.2) is 38.8 Å². The van der Waals surface area contributed by atoms with Gasteiger partial charge in [0.25, 0.3) is 0 Å². The Bertz CT molecular complexity index is 948. The first-order valence-electron chi connectivity index (χ1n) is 7.77. The van der Waals surface area contributed by atoms with Crippen molar-refractivity contribution in [3.63, 3.8) is 0 Å². The van der Waals surface area contributed by atoms with E-state index in [0.29, 0.717) is 16.7 Å². The average molecular weight is 343 g/mol. The van der Waals surface area contributed by atoms with Crippen molar-refractivity contribution in [1.29, 1.82) is 0 Å². The lowest BCUT2D eigenvalue weighted by atomic mass is 10.2. The van der Waals surface area contributed by atoms with Crippen LogP contribution in [0.4, 0.5) is 10.2 Å². The number of benzene rings is 1. The zero-order valence-electron chi connectivity index (χ0n) is 14.1. The molecule has 1 aromatic carbocycles. The Morgan fingerprint density at radius 1 is 1.24 bits per heavy atom. The highest BCUT2D eigenvalue weighted by Crippen LogP contribution is 2.32. The van der Waals surface area contributed by atoms with Gasteiger partial charge in [0.05, 0.1) is 0 Å². The molecule has 0 radical (unpaired) electrons. The SMILES string of the molecule is CC(C)N(C)c1cc2cc(C(=O)O)c(O)nc2n1-c1ccc(F)cc1. The van der Waals surface area contributed by atoms with E-state index < -0.39 is 11.8 Å². The second-order valence-electron chi connectivity index (χ2n) is 6.10. The molecule has 0 aliphatic heterocycles. The predicted octanol–water partition coefficient (Wildman–Crippen LogP) is 3.41. The van der Waals surface area contributed by atoms with Gasteiger partial charge >= 0.3 is 5.97 Å². The lowest BCUT2D eigenvalue weighted by molar-refractivity contribution is 0.0693. The van der Waals surface area contributed by atoms with Gasteiger partial charge in [-0.25, -0.2) is 9.18 Å². The smallest absolute Gasteiger partial charge is 0.341 e. The highest BCUT2D eigenvalue weighted by Gasteiger charge is 2.20. The van der Waals surface area contributed by atoms with E-state index in [2.05, 4.69) is 4.98 Å². The molecule has 0 fully saturated rings. The van der Waals surface area contributed by atoms with Gasteiger partial charge in [-0.3, -0.25) is 4.57 Å². The summed E-state index contributed by atoms with van der Waals surface area (Å²) in [6.07, 6.45) is 0. The number of carbonyl (C=O) groups is 1. The number of hydrogen-bond donors (Lipinski definition) is 2. The van der Waals surface area contributed by atoms with Crippen molar-refractivity contribution < 1.29 is 19.4 Å². The van der Waals surface area contributed by atoms with E-state index in [4.69, 9.17) is 0 Å². The van der Waals surface area contributed by atoms with Crippen LogP contribution in [0.3, 0.4) is 0 Å². The fourth-order valence-corrected chi connectivity index (χ4v) is 2.63. The summed E-state index contributed by atoms with van der Waals surface area (Å²) in [7, 11) is 1.90. The van der Waals surface area contributed by atoms with Crippen LogP contribution < -0.4 is 4.90 Å². The number of pyridine rings is 1. The molecular weight excluding hydrogens is 325 g/mol. The van der Waals surface area contributed by atoms with Crippen LogP contribution in [0, 0.1) is 5.82 Å². The van der Waals surface area contributed by atoms with Crippen molar-refractivity contribution in [3.8, 4) is 11.6 Å². The van der Waals surface area contributed by atoms with E-state index in [1.54, 1.807) is 22.8 Å². The van der Waals surface area contributed by atoms with Crippen molar-refractivity contribution in [3.05, 3.63) is 47.8 Å². The standard InChI is InChI=1S/C18H18FN3O3/c1-10(2)21(3)15-9-11-8-14(18(24)25)17(23)20-16(11)22(15)13-6-4-12(19)5-7-13/h4-10H,1-3H3,(H,20,23)(H,24,25). The summed E-state index contributed by atoms with van der Waals surface area (Å²) in [5, 5.41) is 19.7. The molecule has 0 atom stereocenters. The number of hydrogen-bond acceptors (Lipinski definition) is 4. The highest BCUT2D eigenvalue weighted by molar-refractivity contribution is 5.96. The Morgan fingerprint density at radius 2 is 1.88 bits per heavy atom. The van der Waals surface area contributed by atoms with Crippen LogP contribution in [0.15, 0.2) is 36.4 Å². The molecule has 3 aromatic rings. The number of anilines is 1. The molecule has 3 rings (SSSR count). The molecular formula is C18H18FN3O3. The quantitative estimate of drug-likeness (QED) is 0.759. The number of halogens is 1. The Morgan fingerprint density at radius 3 is 2.44 bits per heavy atom. The van der Waals surface area contributed by atoms with E-state index in [1.807, 2.05) is 25.8 Å². The Hall–Kier alpha value is -3.09. The van der Waals surface area contributed by atoms with Crippen LogP contribution in [0.1, 0.15) is 24.2 Å². The summed E-state index contributed by atoms with van der Waals surface area (Å²) >= 11 is 0. The lowest BCUT2D eigenvalue weighted by Gasteiger charge is -2.25. The minimum atomic E-state index is -1.25. The zero-order valence-corrected chi connectivity index (χ0v) is 14.1. The third-order valence-electron chi connectivity index (χ3n) is 4.19. The fraction of sp³-hybridized carbons (Fsp3) is 0.222. The van der Waals surface area contributed by atoms with Crippen LogP contribution in [0.25, 0.3) is 16.7 Å². The summed E-state index contributed by atoms with van der Waals surface area (Å²) in [6, 6.07) is 9.25. The van der Waals surface area contributed by atoms with E-state index in [-0.39, 0.29) is 17.4 Å². The first kappa shape index (κ1) is 16.8. The largest absolute Gasteiger partial charge is 0.493 e. The third kappa shape index (κ3) is 2.88. The number of carboxylic acids is 1. The van der Waals surface area contributed by atoms with Gasteiger partial charge in [0, 0.05) is 24.2 Å². The normalized spacial score (nSPS) is 11.2. The molecule has 25 heavy (non-hydrogen) atoms. The van der Waals surface area contributed by atoms with E-state index in [1.165, 1.54) is 18.2 Å². The van der Waals surface area contributed by atoms with Gasteiger partial charge in [0.1, 0.15) is 22.8 Å². The van der Waals surface area contributed by atoms with Crippen LogP contribution >= 0.6 is 0 Å². The molecule has 2 heterocycles. The molecule has 130 valence electrons. The summed E-state index contributed by atoms with van der Waals surface area (Å²) < 4.78 is 15.1. The van der Waals surface area contributed by atoms with Gasteiger partial charge in [0.2, 0.25) is 5.88 Å². The van der Waals surface area contributed by atoms with E-state index in [0.717, 1.165) is 5.82 Å². The Labute approximate surface area is 143 Å². The predicted molar refractivity (Wildman–Crippen MR) is 93.2 cm³/mol. The molecule has 0 aliphatic carbocycles. The van der Waals surface area contributed by atoms with E-state index >= 15 is 0 Å². The first-order chi connectivity index (χ1) is 11.8. The van der Waals surface area contributed by atoms with Gasteiger partial charge < -0.3 is 15.1 Å². The van der Waals surface area contributed by atoms with Crippen LogP contribution in [0.2, 0.25) is 0 Å². The lowest BCUT2D eigenvalue weighted by Crippen LogP contribution is -2.27. The topological polar surface area (TPSA) is 78.6 Å². The molecule has 0 saturated heterocycles. The van der Waals surface area contributed by atoms with Gasteiger partial charge in [-0.2, -0.15) is 4.98 Å². The molecule has 0 bridgehead atoms. The number of carboxylic acid groups (broad SMARTS) is 1. The maximum Gasteiger partial charge on any atom is 0.341 e. The average Bonchev–Trinajstić information content (AvgIpc) is 2.92. The number of aromatic hydroxyl groups is 1. The minimum absolute atomic E-state index is 0.163. The monoisotopic (exact) mass is 343 g/mol. The third-order valence-corrected chi connectivity index (χ3v) is 4.19. The van der Waals surface area contributed by atoms with Crippen molar-refractivity contribution in [2.75, 3.05) is 11.9 Å². The highest BCUT2D eigenvalue weighted by atomic mass is 19.1. The Balaban J connectivity index is 2.34. The van der Waals surface area contributed by atoms with Crippen molar-refractivity contribution in [1.82, 2.24) is 9.55 Å². The fourth-order valence-electron chi connectivity index (χ4n) is 2.63. The van der Waals surface area contributed by atoms with Crippen molar-refractivity contribution in [2.24, 2.45) is 0 Å². The molecule has 2 aromatic heterocycles. The van der Waals surface area contributed by atoms with Crippen LogP contribution in [0.5, 0.6) is 5.88 Å². The molecule has 0 saturated carbocycles. The molecule has 0 spiro atoms. The number of nitrogens with zero attached hydrogens (tertiary/aromatic N) is 3. The maximum absolute atomic E-state index is 13.3. The molecule has 0 amide bonds. The molecule has 2 N–H and O–H groups in total. The zero-order chi connectivity index (χ0) is 18.3. The van der Waals surface area contributed by atoms with Crippen molar-refractivity contribution in [2.45, 2.75) is 19.9 Å². The molecule has 6 nitrogen and oxygen atoms in total. The van der Waals surface area contributed by atoms with Crippen LogP contribution in [-0.2, 0) is 0 Å². The van der Waals surface area contributed by atoms with Gasteiger partial charge in [-0.15, -0.1) is 0 Å². The summed E-state index contributed by atoms with van der Waals surface area (Å²) in [4.78, 5) is 17.3. The summed E-state index contributed by atoms with van der Waals surface area (Å²) in [5.41, 5.74) is 0.799. The van der Waals surface area contributed by atoms with Crippen molar-refractivity contribution >= 4 is 22.8 Å². The second kappa shape index (κ2) is 6.08.